The Bertz CT molecular complexity index is 862. The third kappa shape index (κ3) is 2.77. The molecule has 5 nitrogen and oxygen atoms in total. The summed E-state index contributed by atoms with van der Waals surface area (Å²) in [5.41, 5.74) is 1.59. The van der Waals surface area contributed by atoms with E-state index in [0.717, 1.165) is 15.6 Å². The molecule has 0 unspecified atom stereocenters. The van der Waals surface area contributed by atoms with Crippen LogP contribution in [-0.4, -0.2) is 39.1 Å². The Balaban J connectivity index is 1.80. The largest absolute Gasteiger partial charge is 0.408 e. The molecule has 3 heterocycles. The standard InChI is InChI=1S/C16H15F3N4O/c17-16(18,19)9-23-15(10-5-6-24-8-10)21-14(22-23)12-7-20-13-4-2-1-3-11(12)13/h1-4,7,10,20H,5-6,8-9H2/t10-/m0/s1. The first-order chi connectivity index (χ1) is 11.5. The maximum absolute atomic E-state index is 12.9. The van der Waals surface area contributed by atoms with Crippen LogP contribution in [0, 0.1) is 0 Å². The third-order valence-electron chi connectivity index (χ3n) is 4.15. The van der Waals surface area contributed by atoms with Crippen LogP contribution in [0.4, 0.5) is 13.2 Å². The number of fused-ring (bicyclic) bond motifs is 1. The van der Waals surface area contributed by atoms with Crippen molar-refractivity contribution in [2.24, 2.45) is 0 Å². The van der Waals surface area contributed by atoms with Crippen LogP contribution < -0.4 is 0 Å². The highest BCUT2D eigenvalue weighted by molar-refractivity contribution is 5.93. The van der Waals surface area contributed by atoms with Crippen molar-refractivity contribution < 1.29 is 17.9 Å². The molecule has 3 aromatic rings. The molecule has 1 saturated heterocycles. The Morgan fingerprint density at radius 3 is 2.88 bits per heavy atom. The molecule has 126 valence electrons. The van der Waals surface area contributed by atoms with E-state index in [4.69, 9.17) is 4.74 Å². The van der Waals surface area contributed by atoms with E-state index in [-0.39, 0.29) is 5.92 Å². The number of alkyl halides is 3. The number of aromatic nitrogens is 4. The smallest absolute Gasteiger partial charge is 0.381 e. The fraction of sp³-hybridized carbons (Fsp3) is 0.375. The van der Waals surface area contributed by atoms with E-state index in [2.05, 4.69) is 15.1 Å². The fourth-order valence-electron chi connectivity index (χ4n) is 3.05. The molecular weight excluding hydrogens is 321 g/mol. The van der Waals surface area contributed by atoms with E-state index in [9.17, 15) is 13.2 Å². The van der Waals surface area contributed by atoms with Crippen LogP contribution in [0.15, 0.2) is 30.5 Å². The van der Waals surface area contributed by atoms with Gasteiger partial charge in [-0.3, -0.25) is 0 Å². The van der Waals surface area contributed by atoms with Crippen molar-refractivity contribution in [1.82, 2.24) is 19.7 Å². The maximum Gasteiger partial charge on any atom is 0.408 e. The van der Waals surface area contributed by atoms with Crippen LogP contribution in [0.1, 0.15) is 18.2 Å². The summed E-state index contributed by atoms with van der Waals surface area (Å²) >= 11 is 0. The number of benzene rings is 1. The number of hydrogen-bond donors (Lipinski definition) is 1. The molecule has 2 aromatic heterocycles. The second-order valence-corrected chi connectivity index (χ2v) is 5.87. The highest BCUT2D eigenvalue weighted by Gasteiger charge is 2.33. The predicted octanol–water partition coefficient (Wildman–Crippen LogP) is 3.49. The van der Waals surface area contributed by atoms with E-state index >= 15 is 0 Å². The lowest BCUT2D eigenvalue weighted by atomic mass is 10.1. The first-order valence-electron chi connectivity index (χ1n) is 7.67. The lowest BCUT2D eigenvalue weighted by Crippen LogP contribution is -2.22. The molecule has 1 atom stereocenters. The number of nitrogens with zero attached hydrogens (tertiary/aromatic N) is 3. The van der Waals surface area contributed by atoms with Crippen molar-refractivity contribution >= 4 is 10.9 Å². The maximum atomic E-state index is 12.9. The zero-order valence-corrected chi connectivity index (χ0v) is 12.7. The van der Waals surface area contributed by atoms with E-state index in [0.29, 0.717) is 36.8 Å². The molecule has 0 amide bonds. The van der Waals surface area contributed by atoms with Crippen molar-refractivity contribution in [1.29, 1.82) is 0 Å². The summed E-state index contributed by atoms with van der Waals surface area (Å²) < 4.78 is 44.9. The van der Waals surface area contributed by atoms with Gasteiger partial charge in [-0.15, -0.1) is 0 Å². The number of halogens is 3. The molecule has 1 aromatic carbocycles. The zero-order chi connectivity index (χ0) is 16.7. The number of ether oxygens (including phenoxy) is 1. The van der Waals surface area contributed by atoms with Crippen molar-refractivity contribution in [3.05, 3.63) is 36.3 Å². The average molecular weight is 336 g/mol. The number of H-pyrrole nitrogens is 1. The Labute approximate surface area is 135 Å². The average Bonchev–Trinajstić information content (AvgIpc) is 3.24. The monoisotopic (exact) mass is 336 g/mol. The van der Waals surface area contributed by atoms with Crippen LogP contribution in [0.5, 0.6) is 0 Å². The zero-order valence-electron chi connectivity index (χ0n) is 12.7. The van der Waals surface area contributed by atoms with Gasteiger partial charge in [-0.1, -0.05) is 18.2 Å². The predicted molar refractivity (Wildman–Crippen MR) is 81.5 cm³/mol. The first-order valence-corrected chi connectivity index (χ1v) is 7.67. The van der Waals surface area contributed by atoms with Gasteiger partial charge in [0.05, 0.1) is 6.61 Å². The van der Waals surface area contributed by atoms with Gasteiger partial charge < -0.3 is 9.72 Å². The highest BCUT2D eigenvalue weighted by atomic mass is 19.4. The van der Waals surface area contributed by atoms with E-state index in [1.807, 2.05) is 24.3 Å². The number of nitrogens with one attached hydrogen (secondary N) is 1. The van der Waals surface area contributed by atoms with Crippen molar-refractivity contribution in [2.75, 3.05) is 13.2 Å². The number of hydrogen-bond acceptors (Lipinski definition) is 3. The lowest BCUT2D eigenvalue weighted by Gasteiger charge is -2.11. The van der Waals surface area contributed by atoms with Gasteiger partial charge in [0.25, 0.3) is 0 Å². The summed E-state index contributed by atoms with van der Waals surface area (Å²) in [7, 11) is 0. The number of aromatic amines is 1. The van der Waals surface area contributed by atoms with Crippen LogP contribution in [0.2, 0.25) is 0 Å². The van der Waals surface area contributed by atoms with E-state index in [1.165, 1.54) is 0 Å². The number of para-hydroxylation sites is 1. The Morgan fingerprint density at radius 2 is 2.12 bits per heavy atom. The summed E-state index contributed by atoms with van der Waals surface area (Å²) in [5, 5.41) is 5.03. The lowest BCUT2D eigenvalue weighted by molar-refractivity contribution is -0.143. The van der Waals surface area contributed by atoms with Gasteiger partial charge in [0.2, 0.25) is 0 Å². The van der Waals surface area contributed by atoms with Crippen LogP contribution >= 0.6 is 0 Å². The van der Waals surface area contributed by atoms with Gasteiger partial charge in [0.1, 0.15) is 12.4 Å². The molecule has 1 N–H and O–H groups in total. The fourth-order valence-corrected chi connectivity index (χ4v) is 3.05. The molecule has 1 aliphatic rings. The first kappa shape index (κ1) is 15.2. The topological polar surface area (TPSA) is 55.7 Å². The minimum atomic E-state index is -4.35. The van der Waals surface area contributed by atoms with E-state index < -0.39 is 12.7 Å². The van der Waals surface area contributed by atoms with Crippen LogP contribution in [-0.2, 0) is 11.3 Å². The molecule has 0 aliphatic carbocycles. The van der Waals surface area contributed by atoms with Crippen molar-refractivity contribution in [2.45, 2.75) is 25.1 Å². The van der Waals surface area contributed by atoms with Gasteiger partial charge >= 0.3 is 6.18 Å². The molecule has 0 radical (unpaired) electrons. The third-order valence-corrected chi connectivity index (χ3v) is 4.15. The molecule has 1 fully saturated rings. The summed E-state index contributed by atoms with van der Waals surface area (Å²) in [6.45, 7) is -0.232. The van der Waals surface area contributed by atoms with Crippen LogP contribution in [0.3, 0.4) is 0 Å². The number of rotatable bonds is 3. The van der Waals surface area contributed by atoms with Crippen molar-refractivity contribution in [3.8, 4) is 11.4 Å². The molecule has 4 rings (SSSR count). The minimum Gasteiger partial charge on any atom is -0.381 e. The normalized spacial score (nSPS) is 18.5. The van der Waals surface area contributed by atoms with Crippen LogP contribution in [0.25, 0.3) is 22.3 Å². The van der Waals surface area contributed by atoms with Gasteiger partial charge in [-0.2, -0.15) is 18.3 Å². The highest BCUT2D eigenvalue weighted by Crippen LogP contribution is 2.31. The molecule has 1 aliphatic heterocycles. The summed E-state index contributed by atoms with van der Waals surface area (Å²) in [5.74, 6) is 0.488. The molecule has 0 saturated carbocycles. The molecule has 0 spiro atoms. The van der Waals surface area contributed by atoms with Gasteiger partial charge in [0.15, 0.2) is 5.82 Å². The quantitative estimate of drug-likeness (QED) is 0.796. The van der Waals surface area contributed by atoms with Crippen molar-refractivity contribution in [3.63, 3.8) is 0 Å². The second kappa shape index (κ2) is 5.62. The Kier molecular flexibility index (Phi) is 3.56. The molecule has 8 heteroatoms. The second-order valence-electron chi connectivity index (χ2n) is 5.87. The summed E-state index contributed by atoms with van der Waals surface area (Å²) in [4.78, 5) is 7.52. The van der Waals surface area contributed by atoms with E-state index in [1.54, 1.807) is 6.20 Å². The Morgan fingerprint density at radius 1 is 1.29 bits per heavy atom. The van der Waals surface area contributed by atoms with Gasteiger partial charge in [0, 0.05) is 35.2 Å². The Hall–Kier alpha value is -2.35. The SMILES string of the molecule is FC(F)(F)Cn1nc(-c2c[nH]c3ccccc23)nc1[C@H]1CCOC1. The molecule has 0 bridgehead atoms. The van der Waals surface area contributed by atoms with Gasteiger partial charge in [-0.05, 0) is 12.5 Å². The summed E-state index contributed by atoms with van der Waals surface area (Å²) in [6.07, 6.45) is -1.96. The molecule has 24 heavy (non-hydrogen) atoms. The summed E-state index contributed by atoms with van der Waals surface area (Å²) in [6, 6.07) is 7.55. The van der Waals surface area contributed by atoms with Gasteiger partial charge in [-0.25, -0.2) is 9.67 Å². The minimum absolute atomic E-state index is 0.154. The molecular formula is C16H15F3N4O.